The second kappa shape index (κ2) is 6.47. The Hall–Kier alpha value is -1.26. The van der Waals surface area contributed by atoms with E-state index in [0.717, 1.165) is 48.3 Å². The van der Waals surface area contributed by atoms with Crippen molar-refractivity contribution in [3.63, 3.8) is 0 Å². The van der Waals surface area contributed by atoms with E-state index in [1.807, 2.05) is 18.2 Å². The van der Waals surface area contributed by atoms with E-state index in [9.17, 15) is 9.90 Å². The molecule has 1 aromatic rings. The van der Waals surface area contributed by atoms with Crippen LogP contribution in [0, 0.1) is 5.92 Å². The van der Waals surface area contributed by atoms with Gasteiger partial charge in [-0.1, -0.05) is 30.2 Å². The molecule has 2 aliphatic rings. The maximum atomic E-state index is 12.4. The lowest BCUT2D eigenvalue weighted by atomic mass is 10.1. The zero-order valence-electron chi connectivity index (χ0n) is 12.9. The highest BCUT2D eigenvalue weighted by molar-refractivity contribution is 6.31. The number of nitrogens with zero attached hydrogens (tertiary/aromatic N) is 1. The smallest absolute Gasteiger partial charge is 0.317 e. The molecule has 1 saturated carbocycles. The Bertz CT molecular complexity index is 564. The molecule has 3 unspecified atom stereocenters. The van der Waals surface area contributed by atoms with E-state index in [1.165, 1.54) is 0 Å². The summed E-state index contributed by atoms with van der Waals surface area (Å²) >= 11 is 6.21. The molecule has 22 heavy (non-hydrogen) atoms. The number of benzene rings is 1. The molecule has 3 atom stereocenters. The molecule has 0 spiro atoms. The quantitative estimate of drug-likeness (QED) is 0.898. The van der Waals surface area contributed by atoms with Gasteiger partial charge in [-0.15, -0.1) is 0 Å². The molecule has 1 aromatic carbocycles. The highest BCUT2D eigenvalue weighted by Gasteiger charge is 2.29. The third-order valence-corrected chi connectivity index (χ3v) is 5.34. The number of nitrogens with one attached hydrogen (secondary N) is 1. The first-order valence-electron chi connectivity index (χ1n) is 8.03. The second-order valence-electron chi connectivity index (χ2n) is 6.49. The Balaban J connectivity index is 1.60. The van der Waals surface area contributed by atoms with Crippen molar-refractivity contribution in [3.8, 4) is 0 Å². The first kappa shape index (κ1) is 15.6. The van der Waals surface area contributed by atoms with E-state index in [2.05, 4.69) is 5.32 Å². The van der Waals surface area contributed by atoms with Crippen molar-refractivity contribution in [2.75, 3.05) is 13.6 Å². The van der Waals surface area contributed by atoms with E-state index in [-0.39, 0.29) is 24.1 Å². The summed E-state index contributed by atoms with van der Waals surface area (Å²) in [6.07, 6.45) is 4.45. The van der Waals surface area contributed by atoms with Gasteiger partial charge in [0, 0.05) is 24.5 Å². The van der Waals surface area contributed by atoms with Crippen molar-refractivity contribution >= 4 is 17.6 Å². The minimum absolute atomic E-state index is 0.0390. The van der Waals surface area contributed by atoms with Crippen molar-refractivity contribution in [1.82, 2.24) is 10.2 Å². The number of rotatable bonds is 3. The summed E-state index contributed by atoms with van der Waals surface area (Å²) in [4.78, 5) is 14.1. The molecule has 0 aliphatic heterocycles. The lowest BCUT2D eigenvalue weighted by Crippen LogP contribution is -2.42. The standard InChI is InChI=1S/C17H23ClN2O2/c1-20(10-11-4-2-7-16(11)21)17(22)19-15-9-8-12-13(15)5-3-6-14(12)18/h3,5-6,11,15-16,21H,2,4,7-10H2,1H3,(H,19,22). The van der Waals surface area contributed by atoms with E-state index in [4.69, 9.17) is 11.6 Å². The van der Waals surface area contributed by atoms with Gasteiger partial charge in [0.15, 0.2) is 0 Å². The lowest BCUT2D eigenvalue weighted by molar-refractivity contribution is 0.113. The maximum Gasteiger partial charge on any atom is 0.317 e. The van der Waals surface area contributed by atoms with Crippen molar-refractivity contribution in [3.05, 3.63) is 34.3 Å². The third kappa shape index (κ3) is 3.08. The average Bonchev–Trinajstić information content (AvgIpc) is 3.07. The number of urea groups is 1. The molecule has 0 bridgehead atoms. The zero-order valence-corrected chi connectivity index (χ0v) is 13.6. The van der Waals surface area contributed by atoms with Crippen LogP contribution in [-0.2, 0) is 6.42 Å². The van der Waals surface area contributed by atoms with Crippen LogP contribution in [-0.4, -0.2) is 35.7 Å². The van der Waals surface area contributed by atoms with Crippen LogP contribution in [0.3, 0.4) is 0 Å². The molecule has 2 N–H and O–H groups in total. The highest BCUT2D eigenvalue weighted by Crippen LogP contribution is 2.35. The average molecular weight is 323 g/mol. The van der Waals surface area contributed by atoms with Crippen LogP contribution in [0.2, 0.25) is 5.02 Å². The van der Waals surface area contributed by atoms with Crippen LogP contribution in [0.1, 0.15) is 42.9 Å². The third-order valence-electron chi connectivity index (χ3n) is 4.99. The van der Waals surface area contributed by atoms with Gasteiger partial charge in [0.2, 0.25) is 0 Å². The summed E-state index contributed by atoms with van der Waals surface area (Å²) in [5, 5.41) is 13.8. The highest BCUT2D eigenvalue weighted by atomic mass is 35.5. The summed E-state index contributed by atoms with van der Waals surface area (Å²) in [7, 11) is 1.80. The predicted octanol–water partition coefficient (Wildman–Crippen LogP) is 3.13. The molecule has 3 rings (SSSR count). The van der Waals surface area contributed by atoms with Gasteiger partial charge < -0.3 is 15.3 Å². The largest absolute Gasteiger partial charge is 0.393 e. The minimum Gasteiger partial charge on any atom is -0.393 e. The number of halogens is 1. The molecule has 120 valence electrons. The van der Waals surface area contributed by atoms with Crippen LogP contribution < -0.4 is 5.32 Å². The van der Waals surface area contributed by atoms with E-state index >= 15 is 0 Å². The maximum absolute atomic E-state index is 12.4. The molecular formula is C17H23ClN2O2. The van der Waals surface area contributed by atoms with Gasteiger partial charge in [0.05, 0.1) is 12.1 Å². The van der Waals surface area contributed by atoms with E-state index in [0.29, 0.717) is 6.54 Å². The topological polar surface area (TPSA) is 52.6 Å². The fourth-order valence-electron chi connectivity index (χ4n) is 3.68. The Kier molecular flexibility index (Phi) is 4.59. The van der Waals surface area contributed by atoms with Gasteiger partial charge in [-0.3, -0.25) is 0 Å². The molecule has 0 radical (unpaired) electrons. The van der Waals surface area contributed by atoms with Crippen LogP contribution in [0.15, 0.2) is 18.2 Å². The summed E-state index contributed by atoms with van der Waals surface area (Å²) in [5.41, 5.74) is 2.29. The van der Waals surface area contributed by atoms with Crippen LogP contribution >= 0.6 is 11.6 Å². The number of hydrogen-bond donors (Lipinski definition) is 2. The van der Waals surface area contributed by atoms with Crippen LogP contribution in [0.5, 0.6) is 0 Å². The summed E-state index contributed by atoms with van der Waals surface area (Å²) < 4.78 is 0. The van der Waals surface area contributed by atoms with E-state index < -0.39 is 0 Å². The summed E-state index contributed by atoms with van der Waals surface area (Å²) in [6.45, 7) is 0.613. The molecule has 2 amide bonds. The van der Waals surface area contributed by atoms with Gasteiger partial charge in [-0.25, -0.2) is 4.79 Å². The molecule has 0 saturated heterocycles. The zero-order chi connectivity index (χ0) is 15.7. The molecule has 2 aliphatic carbocycles. The Labute approximate surface area is 136 Å². The number of aliphatic hydroxyl groups excluding tert-OH is 1. The molecule has 4 nitrogen and oxygen atoms in total. The molecule has 5 heteroatoms. The first-order chi connectivity index (χ1) is 10.6. The second-order valence-corrected chi connectivity index (χ2v) is 6.89. The number of fused-ring (bicyclic) bond motifs is 1. The lowest BCUT2D eigenvalue weighted by Gasteiger charge is -2.25. The van der Waals surface area contributed by atoms with Gasteiger partial charge in [-0.05, 0) is 42.9 Å². The van der Waals surface area contributed by atoms with Gasteiger partial charge >= 0.3 is 6.03 Å². The Morgan fingerprint density at radius 3 is 2.95 bits per heavy atom. The number of carbonyl (C=O) groups is 1. The summed E-state index contributed by atoms with van der Waals surface area (Å²) in [6, 6.07) is 5.84. The molecule has 0 heterocycles. The van der Waals surface area contributed by atoms with Crippen molar-refractivity contribution < 1.29 is 9.90 Å². The van der Waals surface area contributed by atoms with Crippen molar-refractivity contribution in [2.45, 2.75) is 44.2 Å². The molecule has 0 aromatic heterocycles. The normalized spacial score (nSPS) is 26.8. The number of carbonyl (C=O) groups excluding carboxylic acids is 1. The predicted molar refractivity (Wildman–Crippen MR) is 87.0 cm³/mol. The fraction of sp³-hybridized carbons (Fsp3) is 0.588. The Morgan fingerprint density at radius 2 is 2.23 bits per heavy atom. The summed E-state index contributed by atoms with van der Waals surface area (Å²) in [5.74, 6) is 0.209. The fourth-order valence-corrected chi connectivity index (χ4v) is 3.96. The van der Waals surface area contributed by atoms with Crippen molar-refractivity contribution in [1.29, 1.82) is 0 Å². The SMILES string of the molecule is CN(CC1CCCC1O)C(=O)NC1CCc2c(Cl)cccc21. The van der Waals surface area contributed by atoms with Gasteiger partial charge in [0.25, 0.3) is 0 Å². The number of aliphatic hydroxyl groups is 1. The van der Waals surface area contributed by atoms with Gasteiger partial charge in [-0.2, -0.15) is 0 Å². The van der Waals surface area contributed by atoms with Crippen LogP contribution in [0.25, 0.3) is 0 Å². The Morgan fingerprint density at radius 1 is 1.41 bits per heavy atom. The number of hydrogen-bond acceptors (Lipinski definition) is 2. The van der Waals surface area contributed by atoms with Crippen molar-refractivity contribution in [2.24, 2.45) is 5.92 Å². The van der Waals surface area contributed by atoms with Gasteiger partial charge in [0.1, 0.15) is 0 Å². The molecule has 1 fully saturated rings. The van der Waals surface area contributed by atoms with E-state index in [1.54, 1.807) is 11.9 Å². The monoisotopic (exact) mass is 322 g/mol. The first-order valence-corrected chi connectivity index (χ1v) is 8.41. The van der Waals surface area contributed by atoms with Crippen LogP contribution in [0.4, 0.5) is 4.79 Å². The minimum atomic E-state index is -0.263. The number of amides is 2. The molecular weight excluding hydrogens is 300 g/mol.